The molecular formula is C14H22OSi. The molecule has 0 fully saturated rings. The van der Waals surface area contributed by atoms with Crippen molar-refractivity contribution in [3.63, 3.8) is 0 Å². The molecule has 1 aromatic carbocycles. The Kier molecular flexibility index (Phi) is 4.11. The van der Waals surface area contributed by atoms with Crippen molar-refractivity contribution in [3.05, 3.63) is 36.4 Å². The van der Waals surface area contributed by atoms with E-state index in [2.05, 4.69) is 57.8 Å². The van der Waals surface area contributed by atoms with Crippen LogP contribution in [0.2, 0.25) is 13.1 Å². The molecule has 0 N–H and O–H groups in total. The molecule has 1 rings (SSSR count). The molecule has 0 radical (unpaired) electrons. The van der Waals surface area contributed by atoms with Gasteiger partial charge in [0.1, 0.15) is 0 Å². The van der Waals surface area contributed by atoms with Crippen molar-refractivity contribution in [1.82, 2.24) is 0 Å². The smallest absolute Gasteiger partial charge is 0.218 e. The second kappa shape index (κ2) is 4.98. The first-order chi connectivity index (χ1) is 7.33. The average Bonchev–Trinajstić information content (AvgIpc) is 2.16. The van der Waals surface area contributed by atoms with E-state index in [1.54, 1.807) is 0 Å². The van der Waals surface area contributed by atoms with Crippen LogP contribution in [-0.2, 0) is 4.43 Å². The highest BCUT2D eigenvalue weighted by molar-refractivity contribution is 6.84. The topological polar surface area (TPSA) is 9.23 Å². The number of hydrogen-bond acceptors (Lipinski definition) is 1. The molecule has 16 heavy (non-hydrogen) atoms. The van der Waals surface area contributed by atoms with Crippen molar-refractivity contribution in [3.8, 4) is 0 Å². The van der Waals surface area contributed by atoms with Crippen LogP contribution in [0.25, 0.3) is 5.57 Å². The molecule has 0 aliphatic rings. The Morgan fingerprint density at radius 3 is 2.06 bits per heavy atom. The highest BCUT2D eigenvalue weighted by Crippen LogP contribution is 2.13. The molecular weight excluding hydrogens is 212 g/mol. The molecule has 0 heterocycles. The highest BCUT2D eigenvalue weighted by atomic mass is 28.4. The third-order valence-corrected chi connectivity index (χ3v) is 5.39. The first-order valence-corrected chi connectivity index (χ1v) is 8.68. The largest absolute Gasteiger partial charge is 0.411 e. The van der Waals surface area contributed by atoms with E-state index in [0.717, 1.165) is 5.57 Å². The second-order valence-electron chi connectivity index (χ2n) is 5.03. The normalized spacial score (nSPS) is 11.9. The van der Waals surface area contributed by atoms with E-state index in [1.807, 2.05) is 6.92 Å². The summed E-state index contributed by atoms with van der Waals surface area (Å²) in [6.07, 6.45) is 0.294. The minimum Gasteiger partial charge on any atom is -0.411 e. The average molecular weight is 234 g/mol. The predicted octanol–water partition coefficient (Wildman–Crippen LogP) is 3.56. The predicted molar refractivity (Wildman–Crippen MR) is 74.5 cm³/mol. The van der Waals surface area contributed by atoms with Crippen LogP contribution >= 0.6 is 0 Å². The fourth-order valence-corrected chi connectivity index (χ4v) is 4.10. The van der Waals surface area contributed by atoms with Gasteiger partial charge in [0.2, 0.25) is 8.32 Å². The summed E-state index contributed by atoms with van der Waals surface area (Å²) in [6, 6.07) is 8.63. The molecule has 88 valence electrons. The summed E-state index contributed by atoms with van der Waals surface area (Å²) in [5, 5.41) is 1.34. The summed E-state index contributed by atoms with van der Waals surface area (Å²) in [5.41, 5.74) is 2.31. The van der Waals surface area contributed by atoms with E-state index in [0.29, 0.717) is 6.10 Å². The molecule has 0 aliphatic heterocycles. The quantitative estimate of drug-likeness (QED) is 0.724. The number of allylic oxidation sites excluding steroid dienone is 1. The van der Waals surface area contributed by atoms with Crippen LogP contribution in [0.4, 0.5) is 0 Å². The molecule has 0 aliphatic carbocycles. The van der Waals surface area contributed by atoms with Crippen molar-refractivity contribution in [2.24, 2.45) is 0 Å². The first kappa shape index (κ1) is 13.2. The van der Waals surface area contributed by atoms with Crippen LogP contribution in [0.15, 0.2) is 30.8 Å². The Labute approximate surface area is 100 Å². The monoisotopic (exact) mass is 234 g/mol. The summed E-state index contributed by atoms with van der Waals surface area (Å²) in [5.74, 6) is 0. The lowest BCUT2D eigenvalue weighted by molar-refractivity contribution is 0.238. The van der Waals surface area contributed by atoms with E-state index in [-0.39, 0.29) is 0 Å². The minimum absolute atomic E-state index is 0.294. The van der Waals surface area contributed by atoms with Gasteiger partial charge in [0.15, 0.2) is 0 Å². The molecule has 1 aromatic rings. The van der Waals surface area contributed by atoms with E-state index in [1.165, 1.54) is 10.8 Å². The lowest BCUT2D eigenvalue weighted by Crippen LogP contribution is -2.46. The van der Waals surface area contributed by atoms with Crippen molar-refractivity contribution < 1.29 is 4.43 Å². The molecule has 2 heteroatoms. The van der Waals surface area contributed by atoms with Gasteiger partial charge < -0.3 is 4.43 Å². The maximum absolute atomic E-state index is 6.04. The molecule has 0 spiro atoms. The van der Waals surface area contributed by atoms with Crippen molar-refractivity contribution >= 4 is 19.1 Å². The van der Waals surface area contributed by atoms with Gasteiger partial charge in [0.25, 0.3) is 0 Å². The molecule has 0 unspecified atom stereocenters. The summed E-state index contributed by atoms with van der Waals surface area (Å²) < 4.78 is 6.04. The third kappa shape index (κ3) is 3.32. The van der Waals surface area contributed by atoms with Crippen molar-refractivity contribution in [2.45, 2.75) is 40.0 Å². The fourth-order valence-electron chi connectivity index (χ4n) is 1.81. The Hall–Kier alpha value is -0.863. The highest BCUT2D eigenvalue weighted by Gasteiger charge is 2.26. The van der Waals surface area contributed by atoms with Gasteiger partial charge in [-0.1, -0.05) is 36.4 Å². The lowest BCUT2D eigenvalue weighted by Gasteiger charge is -2.26. The number of benzene rings is 1. The van der Waals surface area contributed by atoms with Crippen molar-refractivity contribution in [1.29, 1.82) is 0 Å². The standard InChI is InChI=1S/C14H22OSi/c1-11(2)13-7-9-14(10-8-13)16(5,6)15-12(3)4/h7-10,12H,1H2,2-6H3. The minimum atomic E-state index is -1.73. The van der Waals surface area contributed by atoms with Crippen LogP contribution in [0.5, 0.6) is 0 Å². The molecule has 0 bridgehead atoms. The van der Waals surface area contributed by atoms with Gasteiger partial charge in [0.05, 0.1) is 0 Å². The Morgan fingerprint density at radius 2 is 1.69 bits per heavy atom. The van der Waals surface area contributed by atoms with Crippen molar-refractivity contribution in [2.75, 3.05) is 0 Å². The fraction of sp³-hybridized carbons (Fsp3) is 0.429. The zero-order valence-corrected chi connectivity index (χ0v) is 12.0. The zero-order valence-electron chi connectivity index (χ0n) is 11.0. The Bertz CT molecular complexity index is 363. The summed E-state index contributed by atoms with van der Waals surface area (Å²) >= 11 is 0. The summed E-state index contributed by atoms with van der Waals surface area (Å²) in [4.78, 5) is 0. The molecule has 0 saturated carbocycles. The maximum atomic E-state index is 6.04. The van der Waals surface area contributed by atoms with Crippen LogP contribution in [-0.4, -0.2) is 14.4 Å². The van der Waals surface area contributed by atoms with Gasteiger partial charge in [-0.05, 0) is 44.6 Å². The Morgan fingerprint density at radius 1 is 1.19 bits per heavy atom. The van der Waals surface area contributed by atoms with Gasteiger partial charge in [-0.3, -0.25) is 0 Å². The Balaban J connectivity index is 2.92. The van der Waals surface area contributed by atoms with E-state index in [9.17, 15) is 0 Å². The van der Waals surface area contributed by atoms with Crippen LogP contribution in [0.1, 0.15) is 26.3 Å². The van der Waals surface area contributed by atoms with E-state index < -0.39 is 8.32 Å². The van der Waals surface area contributed by atoms with Gasteiger partial charge in [-0.2, -0.15) is 0 Å². The molecule has 0 aromatic heterocycles. The van der Waals surface area contributed by atoms with Crippen LogP contribution < -0.4 is 5.19 Å². The van der Waals surface area contributed by atoms with E-state index >= 15 is 0 Å². The molecule has 0 saturated heterocycles. The zero-order chi connectivity index (χ0) is 12.3. The number of rotatable bonds is 4. The third-order valence-electron chi connectivity index (χ3n) is 2.60. The maximum Gasteiger partial charge on any atom is 0.218 e. The first-order valence-electron chi connectivity index (χ1n) is 5.77. The summed E-state index contributed by atoms with van der Waals surface area (Å²) in [7, 11) is -1.73. The van der Waals surface area contributed by atoms with Gasteiger partial charge in [-0.25, -0.2) is 0 Å². The molecule has 0 atom stereocenters. The summed E-state index contributed by atoms with van der Waals surface area (Å²) in [6.45, 7) is 14.6. The van der Waals surface area contributed by atoms with Gasteiger partial charge >= 0.3 is 0 Å². The SMILES string of the molecule is C=C(C)c1ccc([Si](C)(C)OC(C)C)cc1. The second-order valence-corrected chi connectivity index (χ2v) is 8.87. The van der Waals surface area contributed by atoms with E-state index in [4.69, 9.17) is 4.43 Å². The van der Waals surface area contributed by atoms with Crippen LogP contribution in [0, 0.1) is 0 Å². The molecule has 0 amide bonds. The lowest BCUT2D eigenvalue weighted by atomic mass is 10.1. The van der Waals surface area contributed by atoms with Crippen LogP contribution in [0.3, 0.4) is 0 Å². The van der Waals surface area contributed by atoms with Gasteiger partial charge in [-0.15, -0.1) is 0 Å². The molecule has 1 nitrogen and oxygen atoms in total. The van der Waals surface area contributed by atoms with Gasteiger partial charge in [0, 0.05) is 6.10 Å². The number of hydrogen-bond donors (Lipinski definition) is 0.